The fraction of sp³-hybridized carbons (Fsp3) is 0.250. The molecule has 0 atom stereocenters. The third-order valence-corrected chi connectivity index (χ3v) is 7.10. The van der Waals surface area contributed by atoms with Crippen LogP contribution in [0.25, 0.3) is 0 Å². The molecule has 0 radical (unpaired) electrons. The average Bonchev–Trinajstić information content (AvgIpc) is 2.34. The van der Waals surface area contributed by atoms with E-state index < -0.39 is 22.9 Å². The summed E-state index contributed by atoms with van der Waals surface area (Å²) in [6.45, 7) is 3.73. The van der Waals surface area contributed by atoms with Crippen molar-refractivity contribution >= 4 is 22.9 Å². The second-order valence-electron chi connectivity index (χ2n) is 2.30. The first kappa shape index (κ1) is 7.20. The van der Waals surface area contributed by atoms with Crippen molar-refractivity contribution < 1.29 is 0 Å². The van der Waals surface area contributed by atoms with Crippen molar-refractivity contribution in [2.45, 2.75) is 7.85 Å². The Morgan fingerprint density at radius 2 is 2.11 bits per heavy atom. The van der Waals surface area contributed by atoms with Gasteiger partial charge in [-0.2, -0.15) is 0 Å². The van der Waals surface area contributed by atoms with Gasteiger partial charge in [-0.1, -0.05) is 0 Å². The summed E-state index contributed by atoms with van der Waals surface area (Å²) in [4.78, 5) is 0. The fourth-order valence-corrected chi connectivity index (χ4v) is 4.75. The Morgan fingerprint density at radius 3 is 2.67 bits per heavy atom. The molecule has 0 fully saturated rings. The number of hydrogen-bond acceptors (Lipinski definition) is 0. The van der Waals surface area contributed by atoms with Crippen LogP contribution in [0.5, 0.6) is 0 Å². The van der Waals surface area contributed by atoms with E-state index in [1.807, 2.05) is 0 Å². The Labute approximate surface area is 67.7 Å². The van der Waals surface area contributed by atoms with Crippen molar-refractivity contribution in [2.75, 3.05) is 0 Å². The van der Waals surface area contributed by atoms with Crippen LogP contribution in [0.15, 0.2) is 37.0 Å². The third kappa shape index (κ3) is 2.44. The van der Waals surface area contributed by atoms with Gasteiger partial charge < -0.3 is 0 Å². The van der Waals surface area contributed by atoms with Gasteiger partial charge in [-0.3, -0.25) is 0 Å². The van der Waals surface area contributed by atoms with Crippen molar-refractivity contribution in [2.24, 2.45) is 0 Å². The first-order chi connectivity index (χ1) is 4.43. The Balaban J connectivity index is 2.20. The molecule has 0 amide bonds. The van der Waals surface area contributed by atoms with Crippen LogP contribution in [0, 0.1) is 0 Å². The van der Waals surface area contributed by atoms with Gasteiger partial charge in [0.05, 0.1) is 0 Å². The second-order valence-corrected chi connectivity index (χ2v) is 8.29. The molecular formula is C8H11In. The summed E-state index contributed by atoms with van der Waals surface area (Å²) in [6.07, 6.45) is 11.0. The van der Waals surface area contributed by atoms with Crippen LogP contribution < -0.4 is 0 Å². The molecule has 0 spiro atoms. The summed E-state index contributed by atoms with van der Waals surface area (Å²) >= 11 is -0.479. The van der Waals surface area contributed by atoms with Gasteiger partial charge in [0.15, 0.2) is 0 Å². The fourth-order valence-electron chi connectivity index (χ4n) is 0.981. The maximum absolute atomic E-state index is 3.73. The van der Waals surface area contributed by atoms with E-state index in [9.17, 15) is 0 Å². The van der Waals surface area contributed by atoms with Gasteiger partial charge in [-0.25, -0.2) is 0 Å². The van der Waals surface area contributed by atoms with Crippen LogP contribution in [0.1, 0.15) is 0 Å². The van der Waals surface area contributed by atoms with Gasteiger partial charge >= 0.3 is 67.7 Å². The van der Waals surface area contributed by atoms with Crippen molar-refractivity contribution in [1.29, 1.82) is 0 Å². The zero-order valence-corrected chi connectivity index (χ0v) is 9.62. The van der Waals surface area contributed by atoms with Crippen LogP contribution in [0.2, 0.25) is 7.85 Å². The summed E-state index contributed by atoms with van der Waals surface area (Å²) < 4.78 is 2.23. The van der Waals surface area contributed by atoms with Crippen molar-refractivity contribution in [3.8, 4) is 0 Å². The van der Waals surface area contributed by atoms with E-state index in [-0.39, 0.29) is 0 Å². The Hall–Kier alpha value is 0.0901. The standard InChI is InChI=1S/C5H5.C3H5.In.H/c1-2-4-5-3-1;1-3-2;;/h1-5H;3H,1-2H2;;. The molecule has 0 bridgehead atoms. The first-order valence-corrected chi connectivity index (χ1v) is 8.58. The van der Waals surface area contributed by atoms with E-state index >= 15 is 0 Å². The van der Waals surface area contributed by atoms with Gasteiger partial charge in [-0.15, -0.1) is 0 Å². The molecule has 0 unspecified atom stereocenters. The molecule has 0 N–H and O–H groups in total. The molecule has 0 heterocycles. The van der Waals surface area contributed by atoms with Crippen LogP contribution in [-0.4, -0.2) is 22.9 Å². The quantitative estimate of drug-likeness (QED) is 0.640. The second kappa shape index (κ2) is 3.99. The summed E-state index contributed by atoms with van der Waals surface area (Å²) in [5.74, 6) is 0. The Morgan fingerprint density at radius 1 is 1.44 bits per heavy atom. The van der Waals surface area contributed by atoms with E-state index in [0.717, 1.165) is 3.67 Å². The van der Waals surface area contributed by atoms with E-state index in [1.54, 1.807) is 0 Å². The maximum atomic E-state index is 3.73. The number of rotatable bonds is 3. The van der Waals surface area contributed by atoms with E-state index in [4.69, 9.17) is 0 Å². The SMILES string of the molecule is C=C[CH2][InH][CH]1C=CC=C1. The molecule has 1 aliphatic carbocycles. The zero-order valence-electron chi connectivity index (χ0n) is 5.59. The molecule has 0 saturated carbocycles. The predicted octanol–water partition coefficient (Wildman–Crippen LogP) is 1.94. The van der Waals surface area contributed by atoms with E-state index in [2.05, 4.69) is 37.0 Å². The summed E-state index contributed by atoms with van der Waals surface area (Å²) in [6, 6.07) is 0. The molecule has 1 heteroatoms. The molecule has 0 saturated heterocycles. The summed E-state index contributed by atoms with van der Waals surface area (Å²) in [5, 5.41) is 0. The van der Waals surface area contributed by atoms with Crippen molar-refractivity contribution in [1.82, 2.24) is 0 Å². The molecular weight excluding hydrogens is 211 g/mol. The summed E-state index contributed by atoms with van der Waals surface area (Å²) in [5.41, 5.74) is 0. The average molecular weight is 222 g/mol. The van der Waals surface area contributed by atoms with Gasteiger partial charge in [0, 0.05) is 0 Å². The molecule has 9 heavy (non-hydrogen) atoms. The monoisotopic (exact) mass is 222 g/mol. The molecule has 0 aromatic rings. The van der Waals surface area contributed by atoms with Crippen LogP contribution in [0.3, 0.4) is 0 Å². The van der Waals surface area contributed by atoms with Gasteiger partial charge in [0.2, 0.25) is 0 Å². The molecule has 0 aromatic carbocycles. The van der Waals surface area contributed by atoms with E-state index in [1.165, 1.54) is 4.18 Å². The van der Waals surface area contributed by atoms with Gasteiger partial charge in [-0.05, 0) is 0 Å². The molecule has 1 aliphatic rings. The number of hydrogen-bond donors (Lipinski definition) is 0. The molecule has 0 nitrogen and oxygen atoms in total. The predicted molar refractivity (Wildman–Crippen MR) is 44.2 cm³/mol. The van der Waals surface area contributed by atoms with E-state index in [0.29, 0.717) is 0 Å². The molecule has 1 rings (SSSR count). The first-order valence-electron chi connectivity index (χ1n) is 3.39. The molecule has 46 valence electrons. The molecule has 0 aromatic heterocycles. The summed E-state index contributed by atoms with van der Waals surface area (Å²) in [7, 11) is 0. The zero-order chi connectivity index (χ0) is 6.53. The topological polar surface area (TPSA) is 0 Å². The Kier molecular flexibility index (Phi) is 3.20. The van der Waals surface area contributed by atoms with Gasteiger partial charge in [0.1, 0.15) is 0 Å². The van der Waals surface area contributed by atoms with Crippen LogP contribution in [-0.2, 0) is 0 Å². The van der Waals surface area contributed by atoms with Crippen LogP contribution >= 0.6 is 0 Å². The minimum atomic E-state index is -0.479. The number of allylic oxidation sites excluding steroid dienone is 5. The third-order valence-electron chi connectivity index (χ3n) is 1.53. The van der Waals surface area contributed by atoms with Gasteiger partial charge in [0.25, 0.3) is 0 Å². The normalized spacial score (nSPS) is 16.4. The minimum absolute atomic E-state index is 0.479. The van der Waals surface area contributed by atoms with Crippen molar-refractivity contribution in [3.63, 3.8) is 0 Å². The van der Waals surface area contributed by atoms with Crippen molar-refractivity contribution in [3.05, 3.63) is 37.0 Å². The van der Waals surface area contributed by atoms with Crippen LogP contribution in [0.4, 0.5) is 0 Å². The molecule has 0 aliphatic heterocycles. The Bertz CT molecular complexity index is 133.